The molecular weight excluding hydrogens is 268 g/mol. The largest absolute Gasteiger partial charge is 0.380 e. The minimum absolute atomic E-state index is 0.124. The van der Waals surface area contributed by atoms with E-state index < -0.39 is 0 Å². The number of nitrogens with one attached hydrogen (secondary N) is 1. The van der Waals surface area contributed by atoms with Crippen LogP contribution in [0.4, 0.5) is 0 Å². The fourth-order valence-electron chi connectivity index (χ4n) is 2.19. The standard InChI is InChI=1S/C14H18N6O/c1-10(21-3)8-20-5-4-15-14(20)13-6-12(17-18-13)11-7-16-19(2)9-11/h4-7,9-10H,8H2,1-3H3,(H,17,18). The molecule has 3 heterocycles. The molecule has 1 unspecified atom stereocenters. The van der Waals surface area contributed by atoms with Crippen LogP contribution in [0, 0.1) is 0 Å². The van der Waals surface area contributed by atoms with Crippen LogP contribution in [-0.2, 0) is 18.3 Å². The Morgan fingerprint density at radius 2 is 2.29 bits per heavy atom. The maximum Gasteiger partial charge on any atom is 0.158 e. The van der Waals surface area contributed by atoms with Gasteiger partial charge in [0.15, 0.2) is 5.82 Å². The summed E-state index contributed by atoms with van der Waals surface area (Å²) in [5.74, 6) is 0.849. The summed E-state index contributed by atoms with van der Waals surface area (Å²) >= 11 is 0. The normalized spacial score (nSPS) is 12.7. The number of hydrogen-bond donors (Lipinski definition) is 1. The monoisotopic (exact) mass is 286 g/mol. The van der Waals surface area contributed by atoms with Crippen LogP contribution >= 0.6 is 0 Å². The number of ether oxygens (including phenoxy) is 1. The molecule has 1 N–H and O–H groups in total. The summed E-state index contributed by atoms with van der Waals surface area (Å²) in [6.45, 7) is 2.77. The van der Waals surface area contributed by atoms with E-state index in [1.54, 1.807) is 24.2 Å². The van der Waals surface area contributed by atoms with Crippen LogP contribution in [0.2, 0.25) is 0 Å². The zero-order valence-electron chi connectivity index (χ0n) is 12.3. The van der Waals surface area contributed by atoms with E-state index in [1.807, 2.05) is 32.4 Å². The highest BCUT2D eigenvalue weighted by Crippen LogP contribution is 2.22. The van der Waals surface area contributed by atoms with E-state index in [0.29, 0.717) is 0 Å². The Bertz CT molecular complexity index is 725. The number of nitrogens with zero attached hydrogens (tertiary/aromatic N) is 5. The Morgan fingerprint density at radius 3 is 3.00 bits per heavy atom. The van der Waals surface area contributed by atoms with Crippen molar-refractivity contribution in [1.29, 1.82) is 0 Å². The van der Waals surface area contributed by atoms with Gasteiger partial charge in [-0.2, -0.15) is 10.2 Å². The van der Waals surface area contributed by atoms with Gasteiger partial charge in [0.25, 0.3) is 0 Å². The lowest BCUT2D eigenvalue weighted by molar-refractivity contribution is 0.103. The molecule has 110 valence electrons. The second-order valence-electron chi connectivity index (χ2n) is 5.02. The Kier molecular flexibility index (Phi) is 3.57. The van der Waals surface area contributed by atoms with Crippen LogP contribution in [0.5, 0.6) is 0 Å². The van der Waals surface area contributed by atoms with Crippen molar-refractivity contribution in [3.63, 3.8) is 0 Å². The molecule has 3 rings (SSSR count). The second kappa shape index (κ2) is 5.53. The topological polar surface area (TPSA) is 73.5 Å². The molecule has 1 atom stereocenters. The van der Waals surface area contributed by atoms with Crippen molar-refractivity contribution in [3.05, 3.63) is 30.9 Å². The molecule has 7 nitrogen and oxygen atoms in total. The van der Waals surface area contributed by atoms with E-state index in [-0.39, 0.29) is 6.10 Å². The summed E-state index contributed by atoms with van der Waals surface area (Å²) in [7, 11) is 3.59. The second-order valence-corrected chi connectivity index (χ2v) is 5.02. The third-order valence-electron chi connectivity index (χ3n) is 3.39. The Morgan fingerprint density at radius 1 is 1.43 bits per heavy atom. The Labute approximate surface area is 122 Å². The highest BCUT2D eigenvalue weighted by molar-refractivity contribution is 5.63. The van der Waals surface area contributed by atoms with E-state index in [1.165, 1.54) is 0 Å². The third-order valence-corrected chi connectivity index (χ3v) is 3.39. The predicted octanol–water partition coefficient (Wildman–Crippen LogP) is 1.71. The van der Waals surface area contributed by atoms with Crippen molar-refractivity contribution in [3.8, 4) is 22.8 Å². The van der Waals surface area contributed by atoms with Gasteiger partial charge in [0, 0.05) is 38.3 Å². The SMILES string of the molecule is COC(C)Cn1ccnc1-c1cc(-c2cnn(C)c2)n[nH]1. The van der Waals surface area contributed by atoms with Crippen molar-refractivity contribution in [2.45, 2.75) is 19.6 Å². The van der Waals surface area contributed by atoms with Gasteiger partial charge in [-0.05, 0) is 13.0 Å². The number of rotatable bonds is 5. The molecule has 21 heavy (non-hydrogen) atoms. The number of hydrogen-bond acceptors (Lipinski definition) is 4. The molecule has 0 amide bonds. The van der Waals surface area contributed by atoms with Crippen LogP contribution in [0.15, 0.2) is 30.9 Å². The molecule has 0 aliphatic heterocycles. The van der Waals surface area contributed by atoms with Crippen molar-refractivity contribution in [2.75, 3.05) is 7.11 Å². The summed E-state index contributed by atoms with van der Waals surface area (Å²) < 4.78 is 9.11. The first kappa shape index (κ1) is 13.6. The minimum Gasteiger partial charge on any atom is -0.380 e. The van der Waals surface area contributed by atoms with Gasteiger partial charge in [-0.25, -0.2) is 4.98 Å². The summed E-state index contributed by atoms with van der Waals surface area (Å²) in [6, 6.07) is 1.98. The zero-order chi connectivity index (χ0) is 14.8. The molecule has 0 bridgehead atoms. The maximum atomic E-state index is 5.31. The summed E-state index contributed by atoms with van der Waals surface area (Å²) in [4.78, 5) is 4.40. The molecule has 0 saturated carbocycles. The van der Waals surface area contributed by atoms with Gasteiger partial charge >= 0.3 is 0 Å². The van der Waals surface area contributed by atoms with Gasteiger partial charge in [0.2, 0.25) is 0 Å². The van der Waals surface area contributed by atoms with Crippen LogP contribution < -0.4 is 0 Å². The molecule has 0 radical (unpaired) electrons. The van der Waals surface area contributed by atoms with Crippen LogP contribution in [0.25, 0.3) is 22.8 Å². The van der Waals surface area contributed by atoms with Crippen LogP contribution in [-0.4, -0.2) is 42.7 Å². The molecule has 0 saturated heterocycles. The Hall–Kier alpha value is -2.41. The van der Waals surface area contributed by atoms with E-state index in [4.69, 9.17) is 4.74 Å². The molecule has 0 aromatic carbocycles. The van der Waals surface area contributed by atoms with Crippen molar-refractivity contribution in [1.82, 2.24) is 29.5 Å². The minimum atomic E-state index is 0.124. The van der Waals surface area contributed by atoms with Crippen molar-refractivity contribution in [2.24, 2.45) is 7.05 Å². The first-order valence-corrected chi connectivity index (χ1v) is 6.76. The predicted molar refractivity (Wildman–Crippen MR) is 78.5 cm³/mol. The molecule has 0 aliphatic carbocycles. The van der Waals surface area contributed by atoms with E-state index in [2.05, 4.69) is 24.8 Å². The van der Waals surface area contributed by atoms with E-state index in [9.17, 15) is 0 Å². The maximum absolute atomic E-state index is 5.31. The number of aryl methyl sites for hydroxylation is 1. The van der Waals surface area contributed by atoms with Gasteiger partial charge in [-0.1, -0.05) is 0 Å². The van der Waals surface area contributed by atoms with E-state index in [0.717, 1.165) is 29.3 Å². The van der Waals surface area contributed by atoms with Gasteiger partial charge < -0.3 is 9.30 Å². The first-order chi connectivity index (χ1) is 10.2. The fraction of sp³-hybridized carbons (Fsp3) is 0.357. The smallest absolute Gasteiger partial charge is 0.158 e. The lowest BCUT2D eigenvalue weighted by atomic mass is 10.2. The van der Waals surface area contributed by atoms with Gasteiger partial charge in [-0.3, -0.25) is 9.78 Å². The van der Waals surface area contributed by atoms with Crippen molar-refractivity contribution >= 4 is 0 Å². The Balaban J connectivity index is 1.88. The number of methoxy groups -OCH3 is 1. The quantitative estimate of drug-likeness (QED) is 0.775. The van der Waals surface area contributed by atoms with E-state index >= 15 is 0 Å². The number of H-pyrrole nitrogens is 1. The average molecular weight is 286 g/mol. The average Bonchev–Trinajstić information content (AvgIpc) is 3.17. The summed E-state index contributed by atoms with van der Waals surface area (Å²) in [6.07, 6.45) is 7.56. The summed E-state index contributed by atoms with van der Waals surface area (Å²) in [5, 5.41) is 11.5. The molecule has 0 spiro atoms. The number of aromatic amines is 1. The van der Waals surface area contributed by atoms with Crippen LogP contribution in [0.1, 0.15) is 6.92 Å². The lowest BCUT2D eigenvalue weighted by Gasteiger charge is -2.11. The third kappa shape index (κ3) is 2.73. The fourth-order valence-corrected chi connectivity index (χ4v) is 2.19. The summed E-state index contributed by atoms with van der Waals surface area (Å²) in [5.41, 5.74) is 2.71. The molecule has 3 aromatic rings. The molecular formula is C14H18N6O. The molecule has 0 aliphatic rings. The highest BCUT2D eigenvalue weighted by Gasteiger charge is 2.13. The zero-order valence-corrected chi connectivity index (χ0v) is 12.3. The van der Waals surface area contributed by atoms with Gasteiger partial charge in [0.05, 0.1) is 24.5 Å². The van der Waals surface area contributed by atoms with Gasteiger partial charge in [0.1, 0.15) is 5.69 Å². The van der Waals surface area contributed by atoms with Crippen LogP contribution in [0.3, 0.4) is 0 Å². The number of aromatic nitrogens is 6. The lowest BCUT2D eigenvalue weighted by Crippen LogP contribution is -2.14. The van der Waals surface area contributed by atoms with Gasteiger partial charge in [-0.15, -0.1) is 0 Å². The first-order valence-electron chi connectivity index (χ1n) is 6.76. The molecule has 0 fully saturated rings. The molecule has 3 aromatic heterocycles. The van der Waals surface area contributed by atoms with Crippen molar-refractivity contribution < 1.29 is 4.74 Å². The highest BCUT2D eigenvalue weighted by atomic mass is 16.5. The number of imidazole rings is 1. The molecule has 7 heteroatoms.